The first-order chi connectivity index (χ1) is 51.7. The summed E-state index contributed by atoms with van der Waals surface area (Å²) in [7, 11) is -10.00. The first-order valence-electron chi connectivity index (χ1n) is 40.7. The van der Waals surface area contributed by atoms with E-state index in [-0.39, 0.29) is 25.7 Å². The van der Waals surface area contributed by atoms with E-state index in [9.17, 15) is 43.2 Å². The monoisotopic (exact) mass is 1520 g/mol. The number of allylic oxidation sites excluding steroid dienone is 26. The Morgan fingerprint density at radius 2 is 0.491 bits per heavy atom. The highest BCUT2D eigenvalue weighted by Gasteiger charge is 2.30. The van der Waals surface area contributed by atoms with Gasteiger partial charge in [0, 0.05) is 25.7 Å². The molecule has 0 aliphatic carbocycles. The number of esters is 4. The van der Waals surface area contributed by atoms with Crippen molar-refractivity contribution < 1.29 is 80.2 Å². The maximum Gasteiger partial charge on any atom is 0.472 e. The van der Waals surface area contributed by atoms with E-state index in [1.165, 1.54) is 44.9 Å². The van der Waals surface area contributed by atoms with Crippen molar-refractivity contribution >= 4 is 39.5 Å². The Morgan fingerprint density at radius 3 is 0.792 bits per heavy atom. The van der Waals surface area contributed by atoms with E-state index < -0.39 is 97.5 Å². The standard InChI is InChI=1S/C87H144O17P2/c1-5-9-13-17-21-25-29-33-36-38-40-42-45-49-52-56-60-64-68-72-85(90)98-78-83(104-87(92)74-70-66-62-58-54-50-46-43-41-39-37-34-30-26-22-18-14-10-6-2)80-102-106(95,96)100-76-81(88)75-99-105(93,94)101-79-82(103-86(91)73-69-65-61-57-53-47-32-28-24-20-16-12-8-4)77-97-84(89)71-67-63-59-55-51-48-44-35-31-27-23-19-15-11-7-3/h9-10,13-14,21-23,25-28,32-37,40-44,49-50,52,54,81-83,88H,5-8,11-12,15-20,24,29-31,38-39,45-48,51,53,55-80H2,1-4H3,(H,93,94)(H,95,96)/b13-9-,14-10-,25-21-,26-22-,27-23-,32-28-,36-33-,37-34-,42-40-,43-41-,44-35-,52-49-,54-50-. The molecule has 106 heavy (non-hydrogen) atoms. The minimum Gasteiger partial charge on any atom is -0.462 e. The predicted molar refractivity (Wildman–Crippen MR) is 436 cm³/mol. The molecule has 3 N–H and O–H groups in total. The zero-order valence-electron chi connectivity index (χ0n) is 66.1. The minimum atomic E-state index is -5.00. The second-order valence-electron chi connectivity index (χ2n) is 26.6. The van der Waals surface area contributed by atoms with E-state index in [1.807, 2.05) is 0 Å². The van der Waals surface area contributed by atoms with Crippen LogP contribution in [0.5, 0.6) is 0 Å². The van der Waals surface area contributed by atoms with Crippen LogP contribution in [0.3, 0.4) is 0 Å². The van der Waals surface area contributed by atoms with Crippen molar-refractivity contribution in [1.82, 2.24) is 0 Å². The number of rotatable bonds is 75. The molecular formula is C87H144O17P2. The molecule has 0 bridgehead atoms. The van der Waals surface area contributed by atoms with Crippen molar-refractivity contribution in [2.45, 2.75) is 329 Å². The molecule has 0 spiro atoms. The van der Waals surface area contributed by atoms with Crippen LogP contribution in [0.25, 0.3) is 0 Å². The summed E-state index contributed by atoms with van der Waals surface area (Å²) in [5.41, 5.74) is 0. The Morgan fingerprint density at radius 1 is 0.274 bits per heavy atom. The molecule has 0 aliphatic heterocycles. The molecule has 0 rings (SSSR count). The van der Waals surface area contributed by atoms with E-state index in [0.29, 0.717) is 25.7 Å². The van der Waals surface area contributed by atoms with Gasteiger partial charge in [0.05, 0.1) is 26.4 Å². The topological polar surface area (TPSA) is 237 Å². The molecule has 0 aromatic rings. The Hall–Kier alpha value is -5.32. The van der Waals surface area contributed by atoms with Crippen LogP contribution in [-0.2, 0) is 65.4 Å². The summed E-state index contributed by atoms with van der Waals surface area (Å²) >= 11 is 0. The molecule has 0 saturated carbocycles. The average Bonchev–Trinajstić information content (AvgIpc) is 0.903. The first-order valence-corrected chi connectivity index (χ1v) is 43.7. The van der Waals surface area contributed by atoms with Crippen molar-refractivity contribution in [3.05, 3.63) is 158 Å². The lowest BCUT2D eigenvalue weighted by atomic mass is 10.1. The predicted octanol–water partition coefficient (Wildman–Crippen LogP) is 24.0. The zero-order valence-corrected chi connectivity index (χ0v) is 67.8. The summed E-state index contributed by atoms with van der Waals surface area (Å²) in [6, 6.07) is 0. The number of hydrogen-bond donors (Lipinski definition) is 3. The molecule has 0 heterocycles. The quantitative estimate of drug-likeness (QED) is 0.0169. The van der Waals surface area contributed by atoms with Gasteiger partial charge in [0.15, 0.2) is 12.2 Å². The number of ether oxygens (including phenoxy) is 4. The Labute approximate surface area is 642 Å². The van der Waals surface area contributed by atoms with Crippen LogP contribution in [0.1, 0.15) is 310 Å². The van der Waals surface area contributed by atoms with Crippen molar-refractivity contribution in [2.75, 3.05) is 39.6 Å². The zero-order chi connectivity index (χ0) is 77.4. The molecular weight excluding hydrogens is 1380 g/mol. The number of hydrogen-bond acceptors (Lipinski definition) is 15. The summed E-state index contributed by atoms with van der Waals surface area (Å²) in [6.45, 7) is 4.51. The largest absolute Gasteiger partial charge is 0.472 e. The highest BCUT2D eigenvalue weighted by molar-refractivity contribution is 7.47. The fourth-order valence-electron chi connectivity index (χ4n) is 10.3. The summed E-state index contributed by atoms with van der Waals surface area (Å²) in [5.74, 6) is -2.28. The number of unbranched alkanes of at least 4 members (excludes halogenated alkanes) is 23. The van der Waals surface area contributed by atoms with E-state index in [4.69, 9.17) is 37.0 Å². The lowest BCUT2D eigenvalue weighted by Gasteiger charge is -2.21. The molecule has 0 fully saturated rings. The van der Waals surface area contributed by atoms with E-state index >= 15 is 0 Å². The van der Waals surface area contributed by atoms with Gasteiger partial charge in [0.25, 0.3) is 0 Å². The van der Waals surface area contributed by atoms with Crippen LogP contribution >= 0.6 is 15.6 Å². The van der Waals surface area contributed by atoms with Crippen LogP contribution in [0.4, 0.5) is 0 Å². The molecule has 0 amide bonds. The molecule has 5 atom stereocenters. The summed E-state index contributed by atoms with van der Waals surface area (Å²) < 4.78 is 68.6. The van der Waals surface area contributed by atoms with Gasteiger partial charge in [-0.2, -0.15) is 0 Å². The maximum atomic E-state index is 13.1. The van der Waals surface area contributed by atoms with E-state index in [0.717, 1.165) is 186 Å². The van der Waals surface area contributed by atoms with Gasteiger partial charge < -0.3 is 33.8 Å². The third-order valence-corrected chi connectivity index (χ3v) is 18.4. The molecule has 0 radical (unpaired) electrons. The molecule has 19 heteroatoms. The smallest absolute Gasteiger partial charge is 0.462 e. The fourth-order valence-corrected chi connectivity index (χ4v) is 11.9. The third kappa shape index (κ3) is 76.9. The van der Waals surface area contributed by atoms with E-state index in [1.54, 1.807) is 0 Å². The first kappa shape index (κ1) is 101. The number of carbonyl (C=O) groups is 4. The molecule has 0 aromatic carbocycles. The molecule has 0 aliphatic rings. The van der Waals surface area contributed by atoms with Gasteiger partial charge >= 0.3 is 39.5 Å². The number of carbonyl (C=O) groups excluding carboxylic acids is 4. The van der Waals surface area contributed by atoms with Crippen molar-refractivity contribution in [1.29, 1.82) is 0 Å². The Kier molecular flexibility index (Phi) is 73.9. The molecule has 0 saturated heterocycles. The van der Waals surface area contributed by atoms with Gasteiger partial charge in [-0.1, -0.05) is 269 Å². The van der Waals surface area contributed by atoms with Gasteiger partial charge in [-0.15, -0.1) is 0 Å². The number of aliphatic hydroxyl groups is 1. The SMILES string of the molecule is CC/C=C\C/C=C\C/C=C\C/C=C\C/C=C\CCCCCC(=O)OCC(COP(=O)(O)OCC(O)COP(=O)(O)OCC(COC(=O)CCCCCCC/C=C\C/C=C\CCCCC)OC(=O)CCCCCCC/C=C\CCCCCC)OC(=O)CCCCC/C=C\C/C=C\C/C=C\C/C=C\C/C=C\CC. The minimum absolute atomic E-state index is 0.0421. The normalized spacial score (nSPS) is 14.7. The average molecular weight is 1520 g/mol. The number of aliphatic hydroxyl groups excluding tert-OH is 1. The van der Waals surface area contributed by atoms with Crippen LogP contribution in [0, 0.1) is 0 Å². The van der Waals surface area contributed by atoms with Gasteiger partial charge in [0.1, 0.15) is 19.3 Å². The highest BCUT2D eigenvalue weighted by atomic mass is 31.2. The number of phosphoric ester groups is 2. The van der Waals surface area contributed by atoms with Crippen molar-refractivity contribution in [3.8, 4) is 0 Å². The Balaban J connectivity index is 5.46. The molecule has 0 aromatic heterocycles. The molecule has 17 nitrogen and oxygen atoms in total. The lowest BCUT2D eigenvalue weighted by molar-refractivity contribution is -0.161. The van der Waals surface area contributed by atoms with Crippen LogP contribution < -0.4 is 0 Å². The van der Waals surface area contributed by atoms with Crippen LogP contribution in [0.2, 0.25) is 0 Å². The van der Waals surface area contributed by atoms with Crippen molar-refractivity contribution in [2.24, 2.45) is 0 Å². The molecule has 5 unspecified atom stereocenters. The van der Waals surface area contributed by atoms with E-state index in [2.05, 4.69) is 186 Å². The summed E-state index contributed by atoms with van der Waals surface area (Å²) in [5, 5.41) is 10.7. The van der Waals surface area contributed by atoms with Crippen molar-refractivity contribution in [3.63, 3.8) is 0 Å². The van der Waals surface area contributed by atoms with Gasteiger partial charge in [-0.05, 0) is 173 Å². The van der Waals surface area contributed by atoms with Crippen LogP contribution in [0.15, 0.2) is 158 Å². The molecule has 604 valence electrons. The van der Waals surface area contributed by atoms with Gasteiger partial charge in [-0.25, -0.2) is 9.13 Å². The van der Waals surface area contributed by atoms with Crippen LogP contribution in [-0.4, -0.2) is 96.7 Å². The van der Waals surface area contributed by atoms with Gasteiger partial charge in [-0.3, -0.25) is 37.3 Å². The summed E-state index contributed by atoms with van der Waals surface area (Å²) in [4.78, 5) is 73.1. The number of phosphoric acid groups is 2. The lowest BCUT2D eigenvalue weighted by Crippen LogP contribution is -2.30. The second-order valence-corrected chi connectivity index (χ2v) is 29.5. The second kappa shape index (κ2) is 77.8. The third-order valence-electron chi connectivity index (χ3n) is 16.5. The van der Waals surface area contributed by atoms with Gasteiger partial charge in [0.2, 0.25) is 0 Å². The highest BCUT2D eigenvalue weighted by Crippen LogP contribution is 2.45. The summed E-state index contributed by atoms with van der Waals surface area (Å²) in [6.07, 6.45) is 90.7. The maximum absolute atomic E-state index is 13.1. The fraction of sp³-hybridized carbons (Fsp3) is 0.655. The Bertz CT molecular complexity index is 2630.